The van der Waals surface area contributed by atoms with Crippen LogP contribution in [0.5, 0.6) is 5.75 Å². The third-order valence-corrected chi connectivity index (χ3v) is 5.71. The molecule has 0 radical (unpaired) electrons. The molecule has 0 spiro atoms. The highest BCUT2D eigenvalue weighted by molar-refractivity contribution is 14.1. The molecule has 1 aliphatic carbocycles. The van der Waals surface area contributed by atoms with Crippen LogP contribution in [0.15, 0.2) is 30.3 Å². The fourth-order valence-electron chi connectivity index (χ4n) is 3.18. The minimum Gasteiger partial charge on any atom is -0.489 e. The summed E-state index contributed by atoms with van der Waals surface area (Å²) in [4.78, 5) is 11.0. The first-order valence-corrected chi connectivity index (χ1v) is 9.02. The van der Waals surface area contributed by atoms with E-state index in [0.29, 0.717) is 18.6 Å². The van der Waals surface area contributed by atoms with E-state index in [1.165, 1.54) is 6.07 Å². The van der Waals surface area contributed by atoms with Gasteiger partial charge in [0, 0.05) is 0 Å². The minimum atomic E-state index is -4.12. The lowest BCUT2D eigenvalue weighted by Gasteiger charge is -2.30. The maximum Gasteiger partial charge on any atom is 0.391 e. The number of alkyl halides is 3. The highest BCUT2D eigenvalue weighted by Gasteiger charge is 2.41. The van der Waals surface area contributed by atoms with E-state index < -0.39 is 18.1 Å². The van der Waals surface area contributed by atoms with Gasteiger partial charge in [-0.05, 0) is 77.2 Å². The van der Waals surface area contributed by atoms with Crippen molar-refractivity contribution in [1.82, 2.24) is 0 Å². The minimum absolute atomic E-state index is 0.0975. The zero-order valence-electron chi connectivity index (χ0n) is 13.1. The first kappa shape index (κ1) is 18.3. The van der Waals surface area contributed by atoms with Gasteiger partial charge in [0.1, 0.15) is 5.75 Å². The zero-order chi connectivity index (χ0) is 18.2. The molecule has 2 aromatic rings. The molecule has 25 heavy (non-hydrogen) atoms. The topological polar surface area (TPSA) is 46.5 Å². The Morgan fingerprint density at radius 2 is 1.80 bits per heavy atom. The van der Waals surface area contributed by atoms with Crippen molar-refractivity contribution in [1.29, 1.82) is 0 Å². The van der Waals surface area contributed by atoms with Crippen LogP contribution in [-0.2, 0) is 0 Å². The molecule has 134 valence electrons. The van der Waals surface area contributed by atoms with Crippen LogP contribution in [0.1, 0.15) is 36.0 Å². The molecule has 3 rings (SSSR count). The number of hydrogen-bond donors (Lipinski definition) is 1. The number of halogens is 4. The first-order chi connectivity index (χ1) is 11.8. The summed E-state index contributed by atoms with van der Waals surface area (Å²) in [6.45, 7) is 0. The molecule has 1 saturated carbocycles. The number of carboxylic acid groups (broad SMARTS) is 1. The number of fused-ring (bicyclic) bond motifs is 1. The Balaban J connectivity index is 1.75. The Morgan fingerprint density at radius 3 is 2.40 bits per heavy atom. The fraction of sp³-hybridized carbons (Fsp3) is 0.389. The van der Waals surface area contributed by atoms with Crippen molar-refractivity contribution in [2.75, 3.05) is 0 Å². The Kier molecular flexibility index (Phi) is 5.13. The third kappa shape index (κ3) is 4.02. The van der Waals surface area contributed by atoms with Gasteiger partial charge in [0.15, 0.2) is 0 Å². The van der Waals surface area contributed by atoms with Crippen molar-refractivity contribution >= 4 is 39.3 Å². The number of aromatic carboxylic acids is 1. The number of ether oxygens (including phenoxy) is 1. The van der Waals surface area contributed by atoms with E-state index in [2.05, 4.69) is 22.6 Å². The van der Waals surface area contributed by atoms with Crippen LogP contribution in [0.3, 0.4) is 0 Å². The molecule has 0 unspecified atom stereocenters. The SMILES string of the molecule is O=C(O)c1ccc2c(I)c(OC3CCC(C(F)(F)F)CC3)ccc2c1. The van der Waals surface area contributed by atoms with E-state index in [-0.39, 0.29) is 24.5 Å². The van der Waals surface area contributed by atoms with Crippen LogP contribution in [0.25, 0.3) is 10.8 Å². The summed E-state index contributed by atoms with van der Waals surface area (Å²) < 4.78 is 45.0. The molecular weight excluding hydrogens is 448 g/mol. The smallest absolute Gasteiger partial charge is 0.391 e. The Bertz CT molecular complexity index is 796. The number of hydrogen-bond acceptors (Lipinski definition) is 2. The summed E-state index contributed by atoms with van der Waals surface area (Å²) in [6, 6.07) is 8.39. The molecule has 1 N–H and O–H groups in total. The average Bonchev–Trinajstić information content (AvgIpc) is 2.56. The molecule has 7 heteroatoms. The maximum atomic E-state index is 12.7. The second-order valence-corrected chi connectivity index (χ2v) is 7.33. The van der Waals surface area contributed by atoms with Crippen LogP contribution < -0.4 is 4.74 Å². The van der Waals surface area contributed by atoms with Crippen molar-refractivity contribution in [3.05, 3.63) is 39.5 Å². The Hall–Kier alpha value is -1.51. The second kappa shape index (κ2) is 7.01. The van der Waals surface area contributed by atoms with Crippen LogP contribution in [-0.4, -0.2) is 23.4 Å². The molecule has 1 fully saturated rings. The Labute approximate surface area is 156 Å². The van der Waals surface area contributed by atoms with E-state index >= 15 is 0 Å². The summed E-state index contributed by atoms with van der Waals surface area (Å²) in [6.07, 6.45) is -3.38. The molecule has 3 nitrogen and oxygen atoms in total. The quantitative estimate of drug-likeness (QED) is 0.598. The van der Waals surface area contributed by atoms with E-state index in [1.807, 2.05) is 0 Å². The highest BCUT2D eigenvalue weighted by atomic mass is 127. The van der Waals surface area contributed by atoms with Gasteiger partial charge >= 0.3 is 12.1 Å². The van der Waals surface area contributed by atoms with Crippen molar-refractivity contribution in [2.45, 2.75) is 38.0 Å². The summed E-state index contributed by atoms with van der Waals surface area (Å²) in [5, 5.41) is 10.7. The van der Waals surface area contributed by atoms with E-state index in [0.717, 1.165) is 14.3 Å². The number of benzene rings is 2. The number of carbonyl (C=O) groups is 1. The monoisotopic (exact) mass is 464 g/mol. The molecule has 2 aromatic carbocycles. The summed E-state index contributed by atoms with van der Waals surface area (Å²) >= 11 is 2.13. The van der Waals surface area contributed by atoms with Crippen molar-refractivity contribution in [3.63, 3.8) is 0 Å². The average molecular weight is 464 g/mol. The van der Waals surface area contributed by atoms with Crippen molar-refractivity contribution in [3.8, 4) is 5.75 Å². The predicted molar refractivity (Wildman–Crippen MR) is 96.1 cm³/mol. The van der Waals surface area contributed by atoms with Crippen LogP contribution in [0.4, 0.5) is 13.2 Å². The van der Waals surface area contributed by atoms with E-state index in [9.17, 15) is 18.0 Å². The van der Waals surface area contributed by atoms with Gasteiger partial charge in [-0.2, -0.15) is 13.2 Å². The molecule has 0 saturated heterocycles. The standard InChI is InChI=1S/C18H16F3IO3/c19-18(20,21)12-3-5-13(6-4-12)25-15-8-2-10-9-11(17(23)24)1-7-14(10)16(15)22/h1-2,7-9,12-13H,3-6H2,(H,23,24). The van der Waals surface area contributed by atoms with Gasteiger partial charge in [-0.1, -0.05) is 12.1 Å². The lowest BCUT2D eigenvalue weighted by atomic mass is 9.87. The summed E-state index contributed by atoms with van der Waals surface area (Å²) in [5.74, 6) is -1.58. The van der Waals surface area contributed by atoms with Crippen molar-refractivity contribution in [2.24, 2.45) is 5.92 Å². The van der Waals surface area contributed by atoms with Gasteiger partial charge in [0.2, 0.25) is 0 Å². The van der Waals surface area contributed by atoms with Gasteiger partial charge in [-0.3, -0.25) is 0 Å². The van der Waals surface area contributed by atoms with Gasteiger partial charge in [-0.25, -0.2) is 4.79 Å². The molecular formula is C18H16F3IO3. The molecule has 0 aromatic heterocycles. The van der Waals surface area contributed by atoms with Crippen LogP contribution in [0, 0.1) is 9.49 Å². The van der Waals surface area contributed by atoms with Crippen LogP contribution in [0.2, 0.25) is 0 Å². The summed E-state index contributed by atoms with van der Waals surface area (Å²) in [5.41, 5.74) is 0.211. The van der Waals surface area contributed by atoms with Gasteiger partial charge in [0.05, 0.1) is 21.2 Å². The molecule has 0 bridgehead atoms. The summed E-state index contributed by atoms with van der Waals surface area (Å²) in [7, 11) is 0. The second-order valence-electron chi connectivity index (χ2n) is 6.25. The highest BCUT2D eigenvalue weighted by Crippen LogP contribution is 2.39. The van der Waals surface area contributed by atoms with Gasteiger partial charge < -0.3 is 9.84 Å². The van der Waals surface area contributed by atoms with Gasteiger partial charge in [0.25, 0.3) is 0 Å². The molecule has 1 aliphatic rings. The predicted octanol–water partition coefficient (Wildman–Crippen LogP) is 5.64. The fourth-order valence-corrected chi connectivity index (χ4v) is 3.98. The normalized spacial score (nSPS) is 21.3. The van der Waals surface area contributed by atoms with E-state index in [1.54, 1.807) is 24.3 Å². The van der Waals surface area contributed by atoms with Gasteiger partial charge in [-0.15, -0.1) is 0 Å². The Morgan fingerprint density at radius 1 is 1.12 bits per heavy atom. The molecule has 0 heterocycles. The largest absolute Gasteiger partial charge is 0.489 e. The van der Waals surface area contributed by atoms with Crippen LogP contribution >= 0.6 is 22.6 Å². The maximum absolute atomic E-state index is 12.7. The molecule has 0 amide bonds. The zero-order valence-corrected chi connectivity index (χ0v) is 15.3. The third-order valence-electron chi connectivity index (χ3n) is 4.60. The van der Waals surface area contributed by atoms with E-state index in [4.69, 9.17) is 9.84 Å². The molecule has 0 aliphatic heterocycles. The molecule has 0 atom stereocenters. The lowest BCUT2D eigenvalue weighted by Crippen LogP contribution is -2.32. The number of rotatable bonds is 3. The lowest BCUT2D eigenvalue weighted by molar-refractivity contribution is -0.185. The van der Waals surface area contributed by atoms with Crippen molar-refractivity contribution < 1.29 is 27.8 Å². The first-order valence-electron chi connectivity index (χ1n) is 7.94. The number of carboxylic acids is 1.